The number of primary sulfonamides is 1. The van der Waals surface area contributed by atoms with Crippen molar-refractivity contribution in [2.24, 2.45) is 11.1 Å². The van der Waals surface area contributed by atoms with Crippen LogP contribution in [-0.2, 0) is 14.8 Å². The highest BCUT2D eigenvalue weighted by Crippen LogP contribution is 2.30. The lowest BCUT2D eigenvalue weighted by Gasteiger charge is -2.28. The molecule has 0 aromatic heterocycles. The van der Waals surface area contributed by atoms with Crippen LogP contribution >= 0.6 is 0 Å². The molecule has 0 saturated carbocycles. The molecule has 1 unspecified atom stereocenters. The molecular weight excluding hydrogens is 300 g/mol. The zero-order valence-electron chi connectivity index (χ0n) is 13.4. The highest BCUT2D eigenvalue weighted by Gasteiger charge is 2.23. The van der Waals surface area contributed by atoms with Crippen LogP contribution in [0.3, 0.4) is 0 Å². The zero-order valence-corrected chi connectivity index (χ0v) is 14.2. The maximum Gasteiger partial charge on any atom is 0.240 e. The first kappa shape index (κ1) is 17.2. The Balaban J connectivity index is 2.30. The summed E-state index contributed by atoms with van der Waals surface area (Å²) in [6, 6.07) is 5.34. The average Bonchev–Trinajstić information content (AvgIpc) is 2.69. The van der Waals surface area contributed by atoms with Crippen molar-refractivity contribution in [1.29, 1.82) is 0 Å². The van der Waals surface area contributed by atoms with E-state index in [0.29, 0.717) is 5.92 Å². The summed E-state index contributed by atoms with van der Waals surface area (Å²) in [5, 5.41) is 5.39. The van der Waals surface area contributed by atoms with E-state index in [9.17, 15) is 8.42 Å². The van der Waals surface area contributed by atoms with Crippen LogP contribution in [0.1, 0.15) is 31.2 Å². The van der Waals surface area contributed by atoms with E-state index in [-0.39, 0.29) is 4.90 Å². The number of methoxy groups -OCH3 is 1. The van der Waals surface area contributed by atoms with Gasteiger partial charge in [-0.1, -0.05) is 12.5 Å². The Bertz CT molecular complexity index is 601. The van der Waals surface area contributed by atoms with Gasteiger partial charge in [-0.15, -0.1) is 0 Å². The van der Waals surface area contributed by atoms with E-state index >= 15 is 0 Å². The number of anilines is 1. The number of sulfonamides is 1. The van der Waals surface area contributed by atoms with Crippen LogP contribution in [0.15, 0.2) is 23.1 Å². The summed E-state index contributed by atoms with van der Waals surface area (Å²) in [5.74, 6) is 0.524. The SMILES string of the molecule is COCCC1CCCCN(c2cc(C)ccc2S(N)(=O)=O)C1. The maximum absolute atomic E-state index is 11.9. The third kappa shape index (κ3) is 4.44. The van der Waals surface area contributed by atoms with Gasteiger partial charge in [0.15, 0.2) is 0 Å². The van der Waals surface area contributed by atoms with E-state index in [1.807, 2.05) is 13.0 Å². The van der Waals surface area contributed by atoms with Gasteiger partial charge in [0.2, 0.25) is 10.0 Å². The molecule has 5 nitrogen and oxygen atoms in total. The molecule has 1 aromatic carbocycles. The maximum atomic E-state index is 11.9. The van der Waals surface area contributed by atoms with Crippen LogP contribution in [0.25, 0.3) is 0 Å². The lowest BCUT2D eigenvalue weighted by molar-refractivity contribution is 0.176. The largest absolute Gasteiger partial charge is 0.385 e. The van der Waals surface area contributed by atoms with Gasteiger partial charge in [0.25, 0.3) is 0 Å². The van der Waals surface area contributed by atoms with Crippen molar-refractivity contribution < 1.29 is 13.2 Å². The smallest absolute Gasteiger partial charge is 0.240 e. The summed E-state index contributed by atoms with van der Waals surface area (Å²) in [6.07, 6.45) is 4.41. The van der Waals surface area contributed by atoms with Crippen molar-refractivity contribution in [3.63, 3.8) is 0 Å². The highest BCUT2D eigenvalue weighted by molar-refractivity contribution is 7.89. The number of aryl methyl sites for hydroxylation is 1. The second kappa shape index (κ2) is 7.44. The Morgan fingerprint density at radius 3 is 2.82 bits per heavy atom. The van der Waals surface area contributed by atoms with Gasteiger partial charge in [-0.25, -0.2) is 13.6 Å². The molecule has 6 heteroatoms. The summed E-state index contributed by atoms with van der Waals surface area (Å²) in [6.45, 7) is 4.44. The molecule has 0 bridgehead atoms. The van der Waals surface area contributed by atoms with E-state index in [1.165, 1.54) is 6.42 Å². The van der Waals surface area contributed by atoms with Crippen molar-refractivity contribution in [2.75, 3.05) is 31.7 Å². The first-order valence-corrected chi connectivity index (χ1v) is 9.34. The number of nitrogens with two attached hydrogens (primary N) is 1. The molecule has 1 heterocycles. The summed E-state index contributed by atoms with van der Waals surface area (Å²) < 4.78 is 28.9. The van der Waals surface area contributed by atoms with Crippen LogP contribution in [0.4, 0.5) is 5.69 Å². The molecule has 1 saturated heterocycles. The molecule has 0 aliphatic carbocycles. The number of hydrogen-bond donors (Lipinski definition) is 1. The fraction of sp³-hybridized carbons (Fsp3) is 0.625. The molecule has 0 spiro atoms. The molecule has 124 valence electrons. The second-order valence-electron chi connectivity index (χ2n) is 6.11. The summed E-state index contributed by atoms with van der Waals surface area (Å²) >= 11 is 0. The van der Waals surface area contributed by atoms with Crippen LogP contribution in [0.2, 0.25) is 0 Å². The van der Waals surface area contributed by atoms with Crippen LogP contribution in [0, 0.1) is 12.8 Å². The van der Waals surface area contributed by atoms with Crippen LogP contribution < -0.4 is 10.0 Å². The van der Waals surface area contributed by atoms with E-state index < -0.39 is 10.0 Å². The van der Waals surface area contributed by atoms with E-state index in [4.69, 9.17) is 9.88 Å². The number of benzene rings is 1. The monoisotopic (exact) mass is 326 g/mol. The molecule has 1 aliphatic rings. The Kier molecular flexibility index (Phi) is 5.83. The van der Waals surface area contributed by atoms with Gasteiger partial charge < -0.3 is 9.64 Å². The topological polar surface area (TPSA) is 72.6 Å². The highest BCUT2D eigenvalue weighted by atomic mass is 32.2. The minimum atomic E-state index is -3.71. The fourth-order valence-electron chi connectivity index (χ4n) is 3.08. The lowest BCUT2D eigenvalue weighted by Crippen LogP contribution is -2.31. The number of ether oxygens (including phenoxy) is 1. The number of rotatable bonds is 5. The predicted molar refractivity (Wildman–Crippen MR) is 88.6 cm³/mol. The minimum Gasteiger partial charge on any atom is -0.385 e. The van der Waals surface area contributed by atoms with Gasteiger partial charge in [0.1, 0.15) is 4.90 Å². The Labute approximate surface area is 133 Å². The third-order valence-corrected chi connectivity index (χ3v) is 5.22. The molecule has 1 aromatic rings. The van der Waals surface area contributed by atoms with Gasteiger partial charge >= 0.3 is 0 Å². The van der Waals surface area contributed by atoms with Crippen LogP contribution in [0.5, 0.6) is 0 Å². The van der Waals surface area contributed by atoms with Crippen molar-refractivity contribution in [1.82, 2.24) is 0 Å². The first-order valence-electron chi connectivity index (χ1n) is 7.79. The third-order valence-electron chi connectivity index (χ3n) is 4.26. The van der Waals surface area contributed by atoms with Gasteiger partial charge in [-0.3, -0.25) is 0 Å². The van der Waals surface area contributed by atoms with Gasteiger partial charge in [-0.2, -0.15) is 0 Å². The Hall–Kier alpha value is -1.11. The molecule has 1 fully saturated rings. The van der Waals surface area contributed by atoms with E-state index in [0.717, 1.165) is 50.2 Å². The van der Waals surface area contributed by atoms with Gasteiger partial charge in [-0.05, 0) is 49.8 Å². The number of hydrogen-bond acceptors (Lipinski definition) is 4. The minimum absolute atomic E-state index is 0.227. The molecule has 0 radical (unpaired) electrons. The van der Waals surface area contributed by atoms with Crippen LogP contribution in [-0.4, -0.2) is 35.2 Å². The molecule has 22 heavy (non-hydrogen) atoms. The molecule has 2 N–H and O–H groups in total. The molecule has 2 rings (SSSR count). The lowest BCUT2D eigenvalue weighted by atomic mass is 10.00. The normalized spacial score (nSPS) is 20.0. The predicted octanol–water partition coefficient (Wildman–Crippen LogP) is 2.29. The quantitative estimate of drug-likeness (QED) is 0.901. The average molecular weight is 326 g/mol. The number of nitrogens with zero attached hydrogens (tertiary/aromatic N) is 1. The van der Waals surface area contributed by atoms with Crippen molar-refractivity contribution in [3.8, 4) is 0 Å². The van der Waals surface area contributed by atoms with E-state index in [2.05, 4.69) is 4.90 Å². The first-order chi connectivity index (χ1) is 10.4. The summed E-state index contributed by atoms with van der Waals surface area (Å²) in [5.41, 5.74) is 1.78. The molecular formula is C16H26N2O3S. The van der Waals surface area contributed by atoms with Crippen molar-refractivity contribution in [3.05, 3.63) is 23.8 Å². The van der Waals surface area contributed by atoms with Crippen molar-refractivity contribution >= 4 is 15.7 Å². The standard InChI is InChI=1S/C16H26N2O3S/c1-13-6-7-16(22(17,19)20)15(11-13)18-9-4-3-5-14(12-18)8-10-21-2/h6-7,11,14H,3-5,8-10,12H2,1-2H3,(H2,17,19,20). The second-order valence-corrected chi connectivity index (χ2v) is 7.64. The zero-order chi connectivity index (χ0) is 16.2. The Morgan fingerprint density at radius 1 is 1.36 bits per heavy atom. The fourth-order valence-corrected chi connectivity index (χ4v) is 3.82. The Morgan fingerprint density at radius 2 is 2.14 bits per heavy atom. The molecule has 1 aliphatic heterocycles. The van der Waals surface area contributed by atoms with Gasteiger partial charge in [0.05, 0.1) is 5.69 Å². The van der Waals surface area contributed by atoms with E-state index in [1.54, 1.807) is 19.2 Å². The summed E-state index contributed by atoms with van der Waals surface area (Å²) in [4.78, 5) is 2.41. The van der Waals surface area contributed by atoms with Crippen molar-refractivity contribution in [2.45, 2.75) is 37.5 Å². The molecule has 0 amide bonds. The summed E-state index contributed by atoms with van der Waals surface area (Å²) in [7, 11) is -2.00. The molecule has 1 atom stereocenters. The van der Waals surface area contributed by atoms with Gasteiger partial charge in [0, 0.05) is 26.8 Å².